The number of carbonyl (C=O) groups is 1. The van der Waals surface area contributed by atoms with Gasteiger partial charge in [-0.15, -0.1) is 0 Å². The Labute approximate surface area is 297 Å². The molecule has 5 heteroatoms. The van der Waals surface area contributed by atoms with Crippen LogP contribution in [0.15, 0.2) is 11.6 Å². The Morgan fingerprint density at radius 1 is 0.854 bits per heavy atom. The van der Waals surface area contributed by atoms with Gasteiger partial charge in [-0.25, -0.2) is 4.79 Å². The lowest BCUT2D eigenvalue weighted by atomic mass is 9.47. The van der Waals surface area contributed by atoms with Crippen LogP contribution < -0.4 is 11.5 Å². The maximum absolute atomic E-state index is 13.5. The minimum absolute atomic E-state index is 0.0191. The average molecular weight is 670 g/mol. The molecule has 0 unspecified atom stereocenters. The lowest BCUT2D eigenvalue weighted by molar-refractivity contribution is -0.0595. The van der Waals surface area contributed by atoms with Gasteiger partial charge in [-0.05, 0) is 136 Å². The molecule has 4 aliphatic carbocycles. The van der Waals surface area contributed by atoms with E-state index in [1.165, 1.54) is 96.3 Å². The molecular formula is C43H79N3O2. The molecule has 4 N–H and O–H groups in total. The first kappa shape index (κ1) is 39.7. The van der Waals surface area contributed by atoms with Gasteiger partial charge in [0.1, 0.15) is 6.10 Å². The summed E-state index contributed by atoms with van der Waals surface area (Å²) in [7, 11) is 0. The predicted octanol–water partition coefficient (Wildman–Crippen LogP) is 10.9. The van der Waals surface area contributed by atoms with Crippen LogP contribution in [0.2, 0.25) is 0 Å². The summed E-state index contributed by atoms with van der Waals surface area (Å²) in [4.78, 5) is 15.4. The summed E-state index contributed by atoms with van der Waals surface area (Å²) in [5.74, 6) is 5.96. The molecule has 9 atom stereocenters. The second-order valence-corrected chi connectivity index (χ2v) is 17.9. The van der Waals surface area contributed by atoms with Crippen molar-refractivity contribution in [1.82, 2.24) is 4.90 Å². The van der Waals surface area contributed by atoms with Crippen LogP contribution >= 0.6 is 0 Å². The molecule has 48 heavy (non-hydrogen) atoms. The van der Waals surface area contributed by atoms with Gasteiger partial charge in [0.05, 0.1) is 0 Å². The van der Waals surface area contributed by atoms with Gasteiger partial charge in [-0.3, -0.25) is 0 Å². The highest BCUT2D eigenvalue weighted by molar-refractivity contribution is 5.67. The Balaban J connectivity index is 1.29. The van der Waals surface area contributed by atoms with Gasteiger partial charge in [-0.1, -0.05) is 105 Å². The maximum atomic E-state index is 13.5. The fourth-order valence-electron chi connectivity index (χ4n) is 11.7. The minimum atomic E-state index is -0.105. The van der Waals surface area contributed by atoms with Crippen LogP contribution in [0.1, 0.15) is 170 Å². The van der Waals surface area contributed by atoms with E-state index in [0.717, 1.165) is 86.6 Å². The minimum Gasteiger partial charge on any atom is -0.446 e. The van der Waals surface area contributed by atoms with E-state index in [4.69, 9.17) is 16.2 Å². The number of rotatable bonds is 20. The third-order valence-corrected chi connectivity index (χ3v) is 14.8. The van der Waals surface area contributed by atoms with E-state index < -0.39 is 0 Å². The van der Waals surface area contributed by atoms with Crippen LogP contribution in [0.25, 0.3) is 0 Å². The van der Waals surface area contributed by atoms with E-state index in [1.807, 2.05) is 4.90 Å². The Kier molecular flexibility index (Phi) is 15.7. The van der Waals surface area contributed by atoms with E-state index in [1.54, 1.807) is 5.57 Å². The highest BCUT2D eigenvalue weighted by Gasteiger charge is 2.59. The number of ether oxygens (including phenoxy) is 1. The van der Waals surface area contributed by atoms with Crippen LogP contribution in [0.5, 0.6) is 0 Å². The Hall–Kier alpha value is -1.07. The van der Waals surface area contributed by atoms with Crippen molar-refractivity contribution in [3.05, 3.63) is 11.6 Å². The van der Waals surface area contributed by atoms with Crippen molar-refractivity contribution in [3.63, 3.8) is 0 Å². The van der Waals surface area contributed by atoms with Crippen molar-refractivity contribution in [2.45, 2.75) is 176 Å². The quantitative estimate of drug-likeness (QED) is 0.0998. The van der Waals surface area contributed by atoms with Crippen LogP contribution in [-0.2, 0) is 4.74 Å². The van der Waals surface area contributed by atoms with Crippen LogP contribution in [0.3, 0.4) is 0 Å². The number of nitrogens with zero attached hydrogens (tertiary/aromatic N) is 1. The molecule has 0 aliphatic heterocycles. The van der Waals surface area contributed by atoms with Gasteiger partial charge in [0.25, 0.3) is 0 Å². The Morgan fingerprint density at radius 3 is 2.19 bits per heavy atom. The molecule has 0 aromatic rings. The predicted molar refractivity (Wildman–Crippen MR) is 204 cm³/mol. The van der Waals surface area contributed by atoms with Crippen molar-refractivity contribution in [2.75, 3.05) is 26.2 Å². The van der Waals surface area contributed by atoms with E-state index >= 15 is 0 Å². The van der Waals surface area contributed by atoms with Crippen molar-refractivity contribution < 1.29 is 9.53 Å². The normalized spacial score (nSPS) is 32.6. The third-order valence-electron chi connectivity index (χ3n) is 14.8. The molecule has 0 radical (unpaired) electrons. The lowest BCUT2D eigenvalue weighted by Gasteiger charge is -2.58. The second-order valence-electron chi connectivity index (χ2n) is 17.9. The van der Waals surface area contributed by atoms with Gasteiger partial charge in [0, 0.05) is 19.5 Å². The average Bonchev–Trinajstić information content (AvgIpc) is 3.42. The van der Waals surface area contributed by atoms with Crippen LogP contribution in [0.4, 0.5) is 4.79 Å². The van der Waals surface area contributed by atoms with E-state index in [2.05, 4.69) is 47.6 Å². The smallest absolute Gasteiger partial charge is 0.410 e. The molecule has 278 valence electrons. The van der Waals surface area contributed by atoms with E-state index in [0.29, 0.717) is 18.5 Å². The molecule has 3 saturated carbocycles. The van der Waals surface area contributed by atoms with Crippen LogP contribution in [-0.4, -0.2) is 43.3 Å². The molecule has 0 heterocycles. The van der Waals surface area contributed by atoms with Crippen LogP contribution in [0, 0.1) is 52.3 Å². The number of fused-ring (bicyclic) bond motifs is 5. The standard InChI is InChI=1S/C43H79N3O2/c1-7-34(32(2)3)18-17-33(4)38-21-22-39-37-20-19-35-31-36(23-25-42(35,5)40(37)24-26-43(38,39)6)48-41(47)46(30-16-28-45)29-15-13-11-9-8-10-12-14-27-44/h19,32-34,36-40H,7-18,20-31,44-45H2,1-6H3/t33-,34-,36+,37+,38-,39+,40+,42+,43-/m1/s1. The molecule has 4 aliphatic rings. The van der Waals surface area contributed by atoms with E-state index in [9.17, 15) is 4.79 Å². The largest absolute Gasteiger partial charge is 0.446 e. The van der Waals surface area contributed by atoms with Gasteiger partial charge in [0.15, 0.2) is 0 Å². The molecule has 0 bridgehead atoms. The third kappa shape index (κ3) is 9.62. The number of nitrogens with two attached hydrogens (primary N) is 2. The number of hydrogen-bond donors (Lipinski definition) is 2. The summed E-state index contributed by atoms with van der Waals surface area (Å²) in [5.41, 5.74) is 13.9. The number of hydrogen-bond acceptors (Lipinski definition) is 4. The summed E-state index contributed by atoms with van der Waals surface area (Å²) < 4.78 is 6.30. The summed E-state index contributed by atoms with van der Waals surface area (Å²) in [6.07, 6.45) is 27.4. The zero-order valence-electron chi connectivity index (χ0n) is 32.6. The molecule has 1 amide bonds. The number of allylic oxidation sites excluding steroid dienone is 1. The fraction of sp³-hybridized carbons (Fsp3) is 0.930. The lowest BCUT2D eigenvalue weighted by Crippen LogP contribution is -2.51. The molecule has 3 fully saturated rings. The monoisotopic (exact) mass is 670 g/mol. The summed E-state index contributed by atoms with van der Waals surface area (Å²) in [6, 6.07) is 0. The number of amides is 1. The Morgan fingerprint density at radius 2 is 1.52 bits per heavy atom. The first-order chi connectivity index (χ1) is 23.1. The molecule has 0 saturated heterocycles. The molecule has 0 spiro atoms. The fourth-order valence-corrected chi connectivity index (χ4v) is 11.7. The molecule has 4 rings (SSSR count). The highest BCUT2D eigenvalue weighted by Crippen LogP contribution is 2.67. The van der Waals surface area contributed by atoms with Gasteiger partial charge >= 0.3 is 6.09 Å². The van der Waals surface area contributed by atoms with Gasteiger partial charge < -0.3 is 21.1 Å². The maximum Gasteiger partial charge on any atom is 0.410 e. The van der Waals surface area contributed by atoms with Crippen molar-refractivity contribution in [2.24, 2.45) is 63.7 Å². The summed E-state index contributed by atoms with van der Waals surface area (Å²) in [6.45, 7) is 18.1. The number of carbonyl (C=O) groups excluding carboxylic acids is 1. The van der Waals surface area contributed by atoms with Gasteiger partial charge in [-0.2, -0.15) is 0 Å². The van der Waals surface area contributed by atoms with Crippen molar-refractivity contribution in [3.8, 4) is 0 Å². The molecular weight excluding hydrogens is 590 g/mol. The first-order valence-electron chi connectivity index (χ1n) is 21.1. The zero-order chi connectivity index (χ0) is 34.7. The highest BCUT2D eigenvalue weighted by atomic mass is 16.6. The van der Waals surface area contributed by atoms with Crippen molar-refractivity contribution in [1.29, 1.82) is 0 Å². The number of unbranched alkanes of at least 4 members (excludes halogenated alkanes) is 7. The summed E-state index contributed by atoms with van der Waals surface area (Å²) >= 11 is 0. The molecule has 0 aromatic heterocycles. The van der Waals surface area contributed by atoms with Crippen molar-refractivity contribution >= 4 is 6.09 Å². The van der Waals surface area contributed by atoms with E-state index in [-0.39, 0.29) is 17.6 Å². The molecule has 5 nitrogen and oxygen atoms in total. The summed E-state index contributed by atoms with van der Waals surface area (Å²) in [5, 5.41) is 0. The topological polar surface area (TPSA) is 81.6 Å². The molecule has 0 aromatic carbocycles. The first-order valence-corrected chi connectivity index (χ1v) is 21.1. The SMILES string of the molecule is CC[C@H](CC[C@@H](C)[C@H]1CC[C@H]2[C@@H]3CC=C4C[C@@H](OC(=O)N(CCCN)CCCCCCCCCCN)CC[C@]4(C)[C@H]3CC[C@]12C)C(C)C. The zero-order valence-corrected chi connectivity index (χ0v) is 32.6. The van der Waals surface area contributed by atoms with Gasteiger partial charge in [0.2, 0.25) is 0 Å². The second kappa shape index (κ2) is 19.0. The Bertz CT molecular complexity index is 997.